The van der Waals surface area contributed by atoms with E-state index in [1.807, 2.05) is 55.5 Å². The van der Waals surface area contributed by atoms with Gasteiger partial charge in [-0.3, -0.25) is 0 Å². The fourth-order valence-electron chi connectivity index (χ4n) is 1.69. The molecule has 2 rings (SSSR count). The first-order valence-corrected chi connectivity index (χ1v) is 7.08. The molecule has 3 nitrogen and oxygen atoms in total. The number of nitrogens with one attached hydrogen (secondary N) is 2. The number of carbonyl (C=O) groups is 1. The highest BCUT2D eigenvalue weighted by molar-refractivity contribution is 14.1. The Kier molecular flexibility index (Phi) is 4.79. The van der Waals surface area contributed by atoms with Crippen molar-refractivity contribution in [2.24, 2.45) is 0 Å². The van der Waals surface area contributed by atoms with E-state index in [1.54, 1.807) is 0 Å². The maximum absolute atomic E-state index is 11.8. The van der Waals surface area contributed by atoms with E-state index in [9.17, 15) is 4.79 Å². The van der Waals surface area contributed by atoms with Crippen LogP contribution in [-0.2, 0) is 6.54 Å². The number of amides is 2. The van der Waals surface area contributed by atoms with Gasteiger partial charge >= 0.3 is 6.03 Å². The molecule has 4 heteroatoms. The van der Waals surface area contributed by atoms with E-state index in [-0.39, 0.29) is 6.03 Å². The van der Waals surface area contributed by atoms with Gasteiger partial charge in [0.1, 0.15) is 0 Å². The lowest BCUT2D eigenvalue weighted by atomic mass is 10.2. The SMILES string of the molecule is Cc1c(I)cccc1NC(=O)NCc1ccccc1. The highest BCUT2D eigenvalue weighted by atomic mass is 127. The van der Waals surface area contributed by atoms with Gasteiger partial charge in [-0.2, -0.15) is 0 Å². The van der Waals surface area contributed by atoms with Gasteiger partial charge in [-0.25, -0.2) is 4.79 Å². The molecule has 0 radical (unpaired) electrons. The second-order valence-electron chi connectivity index (χ2n) is 4.21. The maximum atomic E-state index is 11.8. The summed E-state index contributed by atoms with van der Waals surface area (Å²) in [6.45, 7) is 2.52. The van der Waals surface area contributed by atoms with Crippen molar-refractivity contribution in [3.63, 3.8) is 0 Å². The Morgan fingerprint density at radius 1 is 1.11 bits per heavy atom. The van der Waals surface area contributed by atoms with Crippen LogP contribution in [0.3, 0.4) is 0 Å². The van der Waals surface area contributed by atoms with Gasteiger partial charge in [-0.05, 0) is 52.8 Å². The van der Waals surface area contributed by atoms with Gasteiger partial charge in [0.25, 0.3) is 0 Å². The number of benzene rings is 2. The Labute approximate surface area is 126 Å². The van der Waals surface area contributed by atoms with Crippen LogP contribution in [0, 0.1) is 10.5 Å². The van der Waals surface area contributed by atoms with Gasteiger partial charge < -0.3 is 10.6 Å². The van der Waals surface area contributed by atoms with Crippen LogP contribution in [-0.4, -0.2) is 6.03 Å². The zero-order valence-electron chi connectivity index (χ0n) is 10.6. The van der Waals surface area contributed by atoms with Gasteiger partial charge in [0, 0.05) is 15.8 Å². The van der Waals surface area contributed by atoms with E-state index in [2.05, 4.69) is 33.2 Å². The monoisotopic (exact) mass is 366 g/mol. The summed E-state index contributed by atoms with van der Waals surface area (Å²) in [5, 5.41) is 5.71. The lowest BCUT2D eigenvalue weighted by Gasteiger charge is -2.10. The number of halogens is 1. The normalized spacial score (nSPS) is 10.0. The molecule has 0 aromatic heterocycles. The summed E-state index contributed by atoms with van der Waals surface area (Å²) in [5.74, 6) is 0. The molecule has 19 heavy (non-hydrogen) atoms. The number of anilines is 1. The molecule has 2 aromatic rings. The van der Waals surface area contributed by atoms with E-state index in [4.69, 9.17) is 0 Å². The van der Waals surface area contributed by atoms with Crippen LogP contribution < -0.4 is 10.6 Å². The van der Waals surface area contributed by atoms with Crippen LogP contribution in [0.5, 0.6) is 0 Å². The molecule has 0 fully saturated rings. The minimum atomic E-state index is -0.186. The minimum Gasteiger partial charge on any atom is -0.334 e. The zero-order chi connectivity index (χ0) is 13.7. The van der Waals surface area contributed by atoms with Crippen molar-refractivity contribution in [1.82, 2.24) is 5.32 Å². The van der Waals surface area contributed by atoms with Crippen molar-refractivity contribution in [2.45, 2.75) is 13.5 Å². The third-order valence-electron chi connectivity index (χ3n) is 2.81. The summed E-state index contributed by atoms with van der Waals surface area (Å²) in [6, 6.07) is 15.5. The summed E-state index contributed by atoms with van der Waals surface area (Å²) < 4.78 is 1.14. The van der Waals surface area contributed by atoms with Gasteiger partial charge in [-0.1, -0.05) is 36.4 Å². The fourth-order valence-corrected chi connectivity index (χ4v) is 2.19. The Balaban J connectivity index is 1.93. The van der Waals surface area contributed by atoms with Crippen molar-refractivity contribution in [2.75, 3.05) is 5.32 Å². The third-order valence-corrected chi connectivity index (χ3v) is 3.98. The smallest absolute Gasteiger partial charge is 0.319 e. The van der Waals surface area contributed by atoms with E-state index in [0.717, 1.165) is 20.4 Å². The first-order valence-electron chi connectivity index (χ1n) is 6.00. The zero-order valence-corrected chi connectivity index (χ0v) is 12.8. The molecule has 0 bridgehead atoms. The maximum Gasteiger partial charge on any atom is 0.319 e. The van der Waals surface area contributed by atoms with Crippen molar-refractivity contribution in [1.29, 1.82) is 0 Å². The largest absolute Gasteiger partial charge is 0.334 e. The molecule has 0 unspecified atom stereocenters. The minimum absolute atomic E-state index is 0.186. The Morgan fingerprint density at radius 2 is 1.84 bits per heavy atom. The van der Waals surface area contributed by atoms with Gasteiger partial charge in [0.15, 0.2) is 0 Å². The van der Waals surface area contributed by atoms with Crippen molar-refractivity contribution in [3.8, 4) is 0 Å². The summed E-state index contributed by atoms with van der Waals surface area (Å²) in [6.07, 6.45) is 0. The third kappa shape index (κ3) is 3.96. The molecule has 0 atom stereocenters. The van der Waals surface area contributed by atoms with Crippen LogP contribution in [0.2, 0.25) is 0 Å². The Bertz CT molecular complexity index is 570. The highest BCUT2D eigenvalue weighted by Gasteiger charge is 2.05. The molecule has 0 saturated carbocycles. The first kappa shape index (κ1) is 13.9. The van der Waals surface area contributed by atoms with E-state index < -0.39 is 0 Å². The van der Waals surface area contributed by atoms with Gasteiger partial charge in [0.05, 0.1) is 0 Å². The van der Waals surface area contributed by atoms with E-state index in [0.29, 0.717) is 6.54 Å². The van der Waals surface area contributed by atoms with Crippen molar-refractivity contribution in [3.05, 3.63) is 63.2 Å². The molecule has 0 aliphatic carbocycles. The Morgan fingerprint density at radius 3 is 2.58 bits per heavy atom. The molecule has 98 valence electrons. The highest BCUT2D eigenvalue weighted by Crippen LogP contribution is 2.20. The number of rotatable bonds is 3. The second-order valence-corrected chi connectivity index (χ2v) is 5.37. The van der Waals surface area contributed by atoms with Crippen LogP contribution in [0.4, 0.5) is 10.5 Å². The van der Waals surface area contributed by atoms with Crippen LogP contribution >= 0.6 is 22.6 Å². The molecular formula is C15H15IN2O. The van der Waals surface area contributed by atoms with Crippen LogP contribution in [0.25, 0.3) is 0 Å². The molecule has 2 aromatic carbocycles. The number of urea groups is 1. The molecule has 0 saturated heterocycles. The summed E-state index contributed by atoms with van der Waals surface area (Å²) in [7, 11) is 0. The van der Waals surface area contributed by atoms with Gasteiger partial charge in [-0.15, -0.1) is 0 Å². The summed E-state index contributed by atoms with van der Waals surface area (Å²) in [5.41, 5.74) is 3.01. The molecule has 2 amide bonds. The predicted octanol–water partition coefficient (Wildman–Crippen LogP) is 3.92. The molecule has 0 aliphatic heterocycles. The Hall–Kier alpha value is -1.56. The molecule has 0 spiro atoms. The van der Waals surface area contributed by atoms with Crippen molar-refractivity contribution >= 4 is 34.3 Å². The first-order chi connectivity index (χ1) is 9.16. The average molecular weight is 366 g/mol. The van der Waals surface area contributed by atoms with Crippen LogP contribution in [0.15, 0.2) is 48.5 Å². The molecule has 0 aliphatic rings. The van der Waals surface area contributed by atoms with Crippen LogP contribution in [0.1, 0.15) is 11.1 Å². The summed E-state index contributed by atoms with van der Waals surface area (Å²) in [4.78, 5) is 11.8. The van der Waals surface area contributed by atoms with E-state index >= 15 is 0 Å². The number of hydrogen-bond donors (Lipinski definition) is 2. The molecule has 2 N–H and O–H groups in total. The van der Waals surface area contributed by atoms with E-state index in [1.165, 1.54) is 0 Å². The fraction of sp³-hybridized carbons (Fsp3) is 0.133. The molecular weight excluding hydrogens is 351 g/mol. The topological polar surface area (TPSA) is 41.1 Å². The summed E-state index contributed by atoms with van der Waals surface area (Å²) >= 11 is 2.26. The lowest BCUT2D eigenvalue weighted by molar-refractivity contribution is 0.251. The molecule has 0 heterocycles. The predicted molar refractivity (Wildman–Crippen MR) is 86.2 cm³/mol. The van der Waals surface area contributed by atoms with Crippen molar-refractivity contribution < 1.29 is 4.79 Å². The quantitative estimate of drug-likeness (QED) is 0.795. The standard InChI is InChI=1S/C15H15IN2O/c1-11-13(16)8-5-9-14(11)18-15(19)17-10-12-6-3-2-4-7-12/h2-9H,10H2,1H3,(H2,17,18,19). The lowest BCUT2D eigenvalue weighted by Crippen LogP contribution is -2.28. The number of hydrogen-bond acceptors (Lipinski definition) is 1. The number of carbonyl (C=O) groups excluding carboxylic acids is 1. The second kappa shape index (κ2) is 6.56. The van der Waals surface area contributed by atoms with Gasteiger partial charge in [0.2, 0.25) is 0 Å². The average Bonchev–Trinajstić information content (AvgIpc) is 2.43.